The summed E-state index contributed by atoms with van der Waals surface area (Å²) in [4.78, 5) is 4.49. The van der Waals surface area contributed by atoms with Crippen LogP contribution in [0.1, 0.15) is 41.3 Å². The van der Waals surface area contributed by atoms with E-state index >= 15 is 0 Å². The number of halogens is 4. The molecule has 1 unspecified atom stereocenters. The number of hydrogen-bond donors (Lipinski definition) is 1. The summed E-state index contributed by atoms with van der Waals surface area (Å²) in [5, 5.41) is 1.00. The van der Waals surface area contributed by atoms with Crippen molar-refractivity contribution in [1.29, 1.82) is 0 Å². The van der Waals surface area contributed by atoms with E-state index in [1.165, 1.54) is 0 Å². The van der Waals surface area contributed by atoms with Crippen molar-refractivity contribution in [2.45, 2.75) is 37.3 Å². The molecule has 1 aromatic heterocycles. The molecular weight excluding hydrogens is 393 g/mol. The minimum absolute atomic E-state index is 0.0192. The summed E-state index contributed by atoms with van der Waals surface area (Å²) in [5.74, 6) is -3.99. The number of benzene rings is 2. The number of imidazole rings is 1. The van der Waals surface area contributed by atoms with Gasteiger partial charge in [-0.25, -0.2) is 18.2 Å². The van der Waals surface area contributed by atoms with Crippen molar-refractivity contribution in [3.8, 4) is 5.69 Å². The van der Waals surface area contributed by atoms with Gasteiger partial charge in [-0.2, -0.15) is 0 Å². The first-order chi connectivity index (χ1) is 12.9. The van der Waals surface area contributed by atoms with E-state index in [2.05, 4.69) is 17.6 Å². The van der Waals surface area contributed by atoms with Crippen LogP contribution in [-0.2, 0) is 6.42 Å². The van der Waals surface area contributed by atoms with Crippen LogP contribution in [0.2, 0.25) is 5.02 Å². The molecule has 0 radical (unpaired) electrons. The first-order valence-electron chi connectivity index (χ1n) is 8.58. The molecule has 2 nitrogen and oxygen atoms in total. The van der Waals surface area contributed by atoms with Crippen LogP contribution in [0.3, 0.4) is 0 Å². The van der Waals surface area contributed by atoms with E-state index in [1.54, 1.807) is 4.57 Å². The summed E-state index contributed by atoms with van der Waals surface area (Å²) in [6.45, 7) is 1.93. The maximum atomic E-state index is 13.8. The first kappa shape index (κ1) is 18.4. The van der Waals surface area contributed by atoms with Crippen molar-refractivity contribution in [3.05, 3.63) is 75.3 Å². The molecule has 1 atom stereocenters. The molecule has 0 N–H and O–H groups in total. The van der Waals surface area contributed by atoms with E-state index in [0.29, 0.717) is 10.2 Å². The maximum absolute atomic E-state index is 13.8. The lowest BCUT2D eigenvalue weighted by Crippen LogP contribution is -2.15. The highest BCUT2D eigenvalue weighted by Gasteiger charge is 2.30. The lowest BCUT2D eigenvalue weighted by molar-refractivity contribution is 0.445. The monoisotopic (exact) mass is 408 g/mol. The highest BCUT2D eigenvalue weighted by Crippen LogP contribution is 2.40. The Balaban J connectivity index is 1.91. The molecule has 2 aromatic carbocycles. The van der Waals surface area contributed by atoms with Gasteiger partial charge in [-0.05, 0) is 43.4 Å². The lowest BCUT2D eigenvalue weighted by Gasteiger charge is -2.25. The predicted octanol–water partition coefficient (Wildman–Crippen LogP) is 6.01. The van der Waals surface area contributed by atoms with Crippen molar-refractivity contribution in [3.63, 3.8) is 0 Å². The third-order valence-corrected chi connectivity index (χ3v) is 5.74. The molecule has 3 aromatic rings. The molecule has 0 fully saturated rings. The highest BCUT2D eigenvalue weighted by molar-refractivity contribution is 7.80. The third kappa shape index (κ3) is 3.15. The van der Waals surface area contributed by atoms with Crippen LogP contribution in [0.5, 0.6) is 0 Å². The number of nitrogens with zero attached hydrogens (tertiary/aromatic N) is 2. The fraction of sp³-hybridized carbons (Fsp3) is 0.250. The van der Waals surface area contributed by atoms with Gasteiger partial charge in [0.15, 0.2) is 22.6 Å². The zero-order valence-corrected chi connectivity index (χ0v) is 16.1. The second-order valence-electron chi connectivity index (χ2n) is 6.76. The van der Waals surface area contributed by atoms with E-state index in [-0.39, 0.29) is 11.6 Å². The molecule has 140 valence electrons. The van der Waals surface area contributed by atoms with Gasteiger partial charge in [-0.15, -0.1) is 12.6 Å². The van der Waals surface area contributed by atoms with Crippen LogP contribution >= 0.6 is 24.2 Å². The average molecular weight is 409 g/mol. The van der Waals surface area contributed by atoms with Gasteiger partial charge in [0.25, 0.3) is 0 Å². The minimum Gasteiger partial charge on any atom is -0.291 e. The van der Waals surface area contributed by atoms with Crippen molar-refractivity contribution < 1.29 is 13.2 Å². The van der Waals surface area contributed by atoms with Gasteiger partial charge in [-0.1, -0.05) is 23.7 Å². The summed E-state index contributed by atoms with van der Waals surface area (Å²) in [6, 6.07) is 7.76. The van der Waals surface area contributed by atoms with Crippen LogP contribution in [0.25, 0.3) is 5.69 Å². The van der Waals surface area contributed by atoms with Gasteiger partial charge in [0.1, 0.15) is 0 Å². The van der Waals surface area contributed by atoms with E-state index < -0.39 is 17.5 Å². The molecular formula is C20H16ClF3N2S. The number of aryl methyl sites for hydroxylation is 2. The maximum Gasteiger partial charge on any atom is 0.194 e. The molecule has 0 saturated heterocycles. The summed E-state index contributed by atoms with van der Waals surface area (Å²) in [6.07, 6.45) is 2.56. The molecule has 0 aliphatic heterocycles. The summed E-state index contributed by atoms with van der Waals surface area (Å²) < 4.78 is 42.7. The van der Waals surface area contributed by atoms with Gasteiger partial charge in [0.05, 0.1) is 17.1 Å². The number of aromatic nitrogens is 2. The van der Waals surface area contributed by atoms with Crippen LogP contribution in [0.4, 0.5) is 13.2 Å². The summed E-state index contributed by atoms with van der Waals surface area (Å²) >= 11 is 10.6. The molecule has 27 heavy (non-hydrogen) atoms. The van der Waals surface area contributed by atoms with Crippen molar-refractivity contribution in [1.82, 2.24) is 9.55 Å². The molecule has 0 bridgehead atoms. The van der Waals surface area contributed by atoms with Gasteiger partial charge < -0.3 is 0 Å². The van der Waals surface area contributed by atoms with E-state index in [4.69, 9.17) is 11.6 Å². The normalized spacial score (nSPS) is 16.4. The van der Waals surface area contributed by atoms with Crippen molar-refractivity contribution >= 4 is 24.2 Å². The van der Waals surface area contributed by atoms with Gasteiger partial charge in [0, 0.05) is 23.1 Å². The van der Waals surface area contributed by atoms with Gasteiger partial charge in [0.2, 0.25) is 0 Å². The lowest BCUT2D eigenvalue weighted by atomic mass is 9.83. The third-order valence-electron chi connectivity index (χ3n) is 5.02. The second kappa shape index (κ2) is 6.91. The van der Waals surface area contributed by atoms with E-state index in [9.17, 15) is 13.2 Å². The zero-order valence-electron chi connectivity index (χ0n) is 14.4. The standard InChI is InChI=1S/C20H16ClF3N2S/c1-10-7-11(5-6-14(10)21)13-3-2-4-17-19(13)26(20(27)25-17)12-8-15(22)18(24)16(23)9-12/h5-9,13H,2-4H2,1H3,(H,25,27). The molecule has 1 aliphatic carbocycles. The largest absolute Gasteiger partial charge is 0.291 e. The van der Waals surface area contributed by atoms with Crippen LogP contribution < -0.4 is 0 Å². The van der Waals surface area contributed by atoms with E-state index in [1.807, 2.05) is 25.1 Å². The Morgan fingerprint density at radius 1 is 1.15 bits per heavy atom. The molecule has 4 rings (SSSR count). The van der Waals surface area contributed by atoms with Crippen molar-refractivity contribution in [2.24, 2.45) is 0 Å². The summed E-state index contributed by atoms with van der Waals surface area (Å²) in [7, 11) is 0. The predicted molar refractivity (Wildman–Crippen MR) is 102 cm³/mol. The van der Waals surface area contributed by atoms with Gasteiger partial charge >= 0.3 is 0 Å². The first-order valence-corrected chi connectivity index (χ1v) is 9.40. The molecule has 0 amide bonds. The van der Waals surface area contributed by atoms with Crippen LogP contribution in [-0.4, -0.2) is 9.55 Å². The molecule has 0 saturated carbocycles. The molecule has 1 aliphatic rings. The zero-order chi connectivity index (χ0) is 19.3. The van der Waals surface area contributed by atoms with Crippen LogP contribution in [0, 0.1) is 24.4 Å². The number of hydrogen-bond acceptors (Lipinski definition) is 2. The van der Waals surface area contributed by atoms with Gasteiger partial charge in [-0.3, -0.25) is 4.57 Å². The smallest absolute Gasteiger partial charge is 0.194 e. The molecule has 0 spiro atoms. The fourth-order valence-corrected chi connectivity index (χ4v) is 4.21. The average Bonchev–Trinajstić information content (AvgIpc) is 2.97. The SMILES string of the molecule is Cc1cc(C2CCCc3nc(S)n(-c4cc(F)c(F)c(F)c4)c32)ccc1Cl. The second-order valence-corrected chi connectivity index (χ2v) is 7.56. The van der Waals surface area contributed by atoms with Crippen molar-refractivity contribution in [2.75, 3.05) is 0 Å². The topological polar surface area (TPSA) is 17.8 Å². The quantitative estimate of drug-likeness (QED) is 0.406. The Kier molecular flexibility index (Phi) is 4.72. The highest BCUT2D eigenvalue weighted by atomic mass is 35.5. The Bertz CT molecular complexity index is 1020. The number of thiol groups is 1. The number of fused-ring (bicyclic) bond motifs is 1. The Labute approximate surface area is 165 Å². The molecule has 7 heteroatoms. The number of rotatable bonds is 2. The van der Waals surface area contributed by atoms with E-state index in [0.717, 1.165) is 53.9 Å². The minimum atomic E-state index is -1.49. The summed E-state index contributed by atoms with van der Waals surface area (Å²) in [5.41, 5.74) is 3.85. The molecule has 1 heterocycles. The van der Waals surface area contributed by atoms with Crippen LogP contribution in [0.15, 0.2) is 35.5 Å². The fourth-order valence-electron chi connectivity index (χ4n) is 3.75. The Morgan fingerprint density at radius 3 is 2.52 bits per heavy atom. The Morgan fingerprint density at radius 2 is 1.85 bits per heavy atom. The Hall–Kier alpha value is -1.92.